The van der Waals surface area contributed by atoms with Crippen molar-refractivity contribution in [1.29, 1.82) is 0 Å². The maximum atomic E-state index is 12.5. The van der Waals surface area contributed by atoms with Gasteiger partial charge in [0.1, 0.15) is 0 Å². The maximum Gasteiger partial charge on any atom is 0.227 e. The minimum atomic E-state index is -3.15. The molecular weight excluding hydrogens is 350 g/mol. The molecule has 0 aliphatic carbocycles. The predicted octanol–water partition coefficient (Wildman–Crippen LogP) is 2.92. The summed E-state index contributed by atoms with van der Waals surface area (Å²) in [5.74, 6) is -0.0512. The third kappa shape index (κ3) is 4.98. The number of nitrogens with one attached hydrogen (secondary N) is 1. The summed E-state index contributed by atoms with van der Waals surface area (Å²) in [6, 6.07) is 8.32. The molecule has 1 heterocycles. The Kier molecular flexibility index (Phi) is 7.06. The van der Waals surface area contributed by atoms with Crippen molar-refractivity contribution in [2.24, 2.45) is 5.92 Å². The number of piperidine rings is 1. The van der Waals surface area contributed by atoms with Crippen LogP contribution in [0.15, 0.2) is 24.3 Å². The zero-order valence-electron chi connectivity index (χ0n) is 16.2. The topological polar surface area (TPSA) is 69.7 Å². The van der Waals surface area contributed by atoms with Crippen LogP contribution in [0.2, 0.25) is 0 Å². The smallest absolute Gasteiger partial charge is 0.227 e. The lowest BCUT2D eigenvalue weighted by Gasteiger charge is -2.30. The van der Waals surface area contributed by atoms with Gasteiger partial charge in [0.15, 0.2) is 0 Å². The van der Waals surface area contributed by atoms with Crippen molar-refractivity contribution in [2.75, 3.05) is 35.6 Å². The molecule has 0 saturated carbocycles. The van der Waals surface area contributed by atoms with Gasteiger partial charge in [-0.1, -0.05) is 0 Å². The molecule has 1 aromatic rings. The number of hydrogen-bond donors (Lipinski definition) is 1. The number of carbonyl (C=O) groups excluding carboxylic acids is 1. The minimum Gasteiger partial charge on any atom is -0.369 e. The van der Waals surface area contributed by atoms with Crippen molar-refractivity contribution in [1.82, 2.24) is 4.31 Å². The first-order valence-electron chi connectivity index (χ1n) is 9.43. The molecular formula is C19H31N3O3S. The molecule has 0 atom stereocenters. The normalized spacial score (nSPS) is 16.7. The lowest BCUT2D eigenvalue weighted by Crippen LogP contribution is -2.42. The van der Waals surface area contributed by atoms with Crippen LogP contribution in [0.4, 0.5) is 11.4 Å². The summed E-state index contributed by atoms with van der Waals surface area (Å²) < 4.78 is 25.3. The van der Waals surface area contributed by atoms with Crippen LogP contribution in [0.5, 0.6) is 0 Å². The molecule has 1 saturated heterocycles. The van der Waals surface area contributed by atoms with Gasteiger partial charge in [-0.25, -0.2) is 12.7 Å². The molecule has 1 aliphatic heterocycles. The van der Waals surface area contributed by atoms with Gasteiger partial charge in [0.05, 0.1) is 5.75 Å². The van der Waals surface area contributed by atoms with Crippen LogP contribution in [0.25, 0.3) is 0 Å². The molecule has 0 unspecified atom stereocenters. The molecule has 0 spiro atoms. The van der Waals surface area contributed by atoms with Crippen LogP contribution in [0.1, 0.15) is 40.5 Å². The van der Waals surface area contributed by atoms with Crippen molar-refractivity contribution >= 4 is 27.3 Å². The standard InChI is InChI=1S/C19H31N3O3S/c1-5-22(15(3)4)18-9-7-17(8-10-18)20-19(23)16-11-13-21(14-12-16)26(24,25)6-2/h7-10,15-16H,5-6,11-14H2,1-4H3,(H,20,23). The van der Waals surface area contributed by atoms with E-state index in [1.54, 1.807) is 6.92 Å². The van der Waals surface area contributed by atoms with E-state index in [1.165, 1.54) is 4.31 Å². The Labute approximate surface area is 157 Å². The van der Waals surface area contributed by atoms with Crippen LogP contribution in [0, 0.1) is 5.92 Å². The van der Waals surface area contributed by atoms with Crippen molar-refractivity contribution < 1.29 is 13.2 Å². The first-order valence-corrected chi connectivity index (χ1v) is 11.0. The summed E-state index contributed by atoms with van der Waals surface area (Å²) in [6.07, 6.45) is 1.14. The summed E-state index contributed by atoms with van der Waals surface area (Å²) >= 11 is 0. The minimum absolute atomic E-state index is 0.0255. The first kappa shape index (κ1) is 20.7. The third-order valence-corrected chi connectivity index (χ3v) is 6.89. The van der Waals surface area contributed by atoms with Gasteiger partial charge in [-0.15, -0.1) is 0 Å². The quantitative estimate of drug-likeness (QED) is 0.788. The van der Waals surface area contributed by atoms with Crippen molar-refractivity contribution in [2.45, 2.75) is 46.6 Å². The Balaban J connectivity index is 1.92. The average Bonchev–Trinajstić information content (AvgIpc) is 2.63. The number of nitrogens with zero attached hydrogens (tertiary/aromatic N) is 2. The second-order valence-electron chi connectivity index (χ2n) is 6.99. The Morgan fingerprint density at radius 3 is 2.23 bits per heavy atom. The highest BCUT2D eigenvalue weighted by molar-refractivity contribution is 7.89. The largest absolute Gasteiger partial charge is 0.369 e. The molecule has 1 aliphatic rings. The number of benzene rings is 1. The number of sulfonamides is 1. The Bertz CT molecular complexity index is 693. The molecule has 1 fully saturated rings. The predicted molar refractivity (Wildman–Crippen MR) is 107 cm³/mol. The first-order chi connectivity index (χ1) is 12.3. The molecule has 2 rings (SSSR count). The van der Waals surface area contributed by atoms with Gasteiger partial charge in [-0.3, -0.25) is 4.79 Å². The van der Waals surface area contributed by atoms with Crippen LogP contribution in [-0.2, 0) is 14.8 Å². The van der Waals surface area contributed by atoms with E-state index in [-0.39, 0.29) is 17.6 Å². The second-order valence-corrected chi connectivity index (χ2v) is 9.25. The Morgan fingerprint density at radius 2 is 1.77 bits per heavy atom. The van der Waals surface area contributed by atoms with E-state index in [9.17, 15) is 13.2 Å². The van der Waals surface area contributed by atoms with Gasteiger partial charge in [0.25, 0.3) is 0 Å². The molecule has 1 aromatic carbocycles. The monoisotopic (exact) mass is 381 g/mol. The van der Waals surface area contributed by atoms with Crippen molar-refractivity contribution in [3.05, 3.63) is 24.3 Å². The SMILES string of the molecule is CCN(c1ccc(NC(=O)C2CCN(S(=O)(=O)CC)CC2)cc1)C(C)C. The zero-order valence-corrected chi connectivity index (χ0v) is 17.1. The van der Waals surface area contributed by atoms with E-state index in [4.69, 9.17) is 0 Å². The summed E-state index contributed by atoms with van der Waals surface area (Å²) in [5, 5.41) is 2.97. The number of anilines is 2. The van der Waals surface area contributed by atoms with Crippen LogP contribution >= 0.6 is 0 Å². The van der Waals surface area contributed by atoms with Gasteiger partial charge >= 0.3 is 0 Å². The van der Waals surface area contributed by atoms with E-state index < -0.39 is 10.0 Å². The maximum absolute atomic E-state index is 12.5. The van der Waals surface area contributed by atoms with E-state index >= 15 is 0 Å². The Hall–Kier alpha value is -1.60. The lowest BCUT2D eigenvalue weighted by atomic mass is 9.97. The fraction of sp³-hybridized carbons (Fsp3) is 0.632. The number of amides is 1. The van der Waals surface area contributed by atoms with Crippen molar-refractivity contribution in [3.8, 4) is 0 Å². The van der Waals surface area contributed by atoms with Crippen molar-refractivity contribution in [3.63, 3.8) is 0 Å². The lowest BCUT2D eigenvalue weighted by molar-refractivity contribution is -0.120. The molecule has 0 radical (unpaired) electrons. The highest BCUT2D eigenvalue weighted by atomic mass is 32.2. The van der Waals surface area contributed by atoms with Gasteiger partial charge in [0, 0.05) is 43.0 Å². The summed E-state index contributed by atoms with van der Waals surface area (Å²) in [7, 11) is -3.15. The number of carbonyl (C=O) groups is 1. The van der Waals surface area contributed by atoms with Crippen LogP contribution in [-0.4, -0.2) is 50.1 Å². The van der Waals surface area contributed by atoms with Gasteiger partial charge in [-0.2, -0.15) is 0 Å². The van der Waals surface area contributed by atoms with Crippen LogP contribution in [0.3, 0.4) is 0 Å². The highest BCUT2D eigenvalue weighted by Crippen LogP contribution is 2.23. The summed E-state index contributed by atoms with van der Waals surface area (Å²) in [6.45, 7) is 9.87. The number of hydrogen-bond acceptors (Lipinski definition) is 4. The number of rotatable bonds is 7. The molecule has 26 heavy (non-hydrogen) atoms. The molecule has 0 bridgehead atoms. The van der Waals surface area contributed by atoms with Gasteiger partial charge in [0.2, 0.25) is 15.9 Å². The summed E-state index contributed by atoms with van der Waals surface area (Å²) in [5.41, 5.74) is 1.92. The van der Waals surface area contributed by atoms with Gasteiger partial charge < -0.3 is 10.2 Å². The molecule has 6 nitrogen and oxygen atoms in total. The fourth-order valence-corrected chi connectivity index (χ4v) is 4.54. The summed E-state index contributed by atoms with van der Waals surface area (Å²) in [4.78, 5) is 14.8. The second kappa shape index (κ2) is 8.86. The molecule has 0 aromatic heterocycles. The molecule has 146 valence electrons. The molecule has 1 amide bonds. The van der Waals surface area contributed by atoms with E-state index in [1.807, 2.05) is 24.3 Å². The highest BCUT2D eigenvalue weighted by Gasteiger charge is 2.30. The van der Waals surface area contributed by atoms with E-state index in [0.717, 1.165) is 17.9 Å². The average molecular weight is 382 g/mol. The van der Waals surface area contributed by atoms with E-state index in [2.05, 4.69) is 31.0 Å². The van der Waals surface area contributed by atoms with Gasteiger partial charge in [-0.05, 0) is 64.8 Å². The molecule has 1 N–H and O–H groups in total. The molecule has 7 heteroatoms. The fourth-order valence-electron chi connectivity index (χ4n) is 3.41. The van der Waals surface area contributed by atoms with E-state index in [0.29, 0.717) is 32.0 Å². The van der Waals surface area contributed by atoms with Crippen LogP contribution < -0.4 is 10.2 Å². The Morgan fingerprint density at radius 1 is 1.19 bits per heavy atom. The third-order valence-electron chi connectivity index (χ3n) is 5.01. The zero-order chi connectivity index (χ0) is 19.3.